The van der Waals surface area contributed by atoms with E-state index in [0.29, 0.717) is 29.3 Å². The van der Waals surface area contributed by atoms with Crippen molar-refractivity contribution in [3.8, 4) is 0 Å². The molecule has 0 N–H and O–H groups in total. The normalized spacial score (nSPS) is 15.8. The molecule has 5 nitrogen and oxygen atoms in total. The largest absolute Gasteiger partial charge is 0.619 e. The van der Waals surface area contributed by atoms with Gasteiger partial charge in [0.25, 0.3) is 5.91 Å². The topological polar surface area (TPSA) is 60.1 Å². The molecule has 0 saturated carbocycles. The van der Waals surface area contributed by atoms with Gasteiger partial charge in [0, 0.05) is 25.1 Å². The van der Waals surface area contributed by atoms with Gasteiger partial charge in [0.15, 0.2) is 12.4 Å². The Labute approximate surface area is 143 Å². The van der Waals surface area contributed by atoms with Gasteiger partial charge in [-0.05, 0) is 31.0 Å². The van der Waals surface area contributed by atoms with Crippen molar-refractivity contribution in [2.45, 2.75) is 18.8 Å². The molecule has 1 aliphatic rings. The van der Waals surface area contributed by atoms with E-state index in [-0.39, 0.29) is 5.91 Å². The summed E-state index contributed by atoms with van der Waals surface area (Å²) in [6.45, 7) is 1.40. The molecule has 1 saturated heterocycles. The van der Waals surface area contributed by atoms with Crippen LogP contribution in [0.4, 0.5) is 0 Å². The quantitative estimate of drug-likeness (QED) is 0.533. The van der Waals surface area contributed by atoms with Crippen molar-refractivity contribution >= 4 is 27.5 Å². The number of nitrogens with zero attached hydrogens (tertiary/aromatic N) is 3. The van der Waals surface area contributed by atoms with Gasteiger partial charge in [-0.25, -0.2) is 4.98 Å². The highest BCUT2D eigenvalue weighted by molar-refractivity contribution is 7.18. The standard InChI is InChI=1S/C18H17N3O2S/c22-18(14-4-3-9-21(23)12-14)20-10-7-13(8-11-20)17-19-15-5-1-2-6-16(15)24-17/h1-6,9,12-13H,7-8,10-11H2. The molecule has 1 aliphatic heterocycles. The molecule has 3 aromatic rings. The molecule has 0 unspecified atom stereocenters. The maximum atomic E-state index is 12.5. The Balaban J connectivity index is 1.45. The van der Waals surface area contributed by atoms with Crippen LogP contribution in [0.15, 0.2) is 48.8 Å². The van der Waals surface area contributed by atoms with E-state index in [1.807, 2.05) is 23.1 Å². The number of pyridine rings is 1. The van der Waals surface area contributed by atoms with E-state index >= 15 is 0 Å². The lowest BCUT2D eigenvalue weighted by molar-refractivity contribution is -0.605. The molecule has 24 heavy (non-hydrogen) atoms. The van der Waals surface area contributed by atoms with Gasteiger partial charge in [-0.2, -0.15) is 4.73 Å². The molecule has 1 amide bonds. The fourth-order valence-electron chi connectivity index (χ4n) is 3.16. The summed E-state index contributed by atoms with van der Waals surface area (Å²) in [4.78, 5) is 19.1. The fraction of sp³-hybridized carbons (Fsp3) is 0.278. The van der Waals surface area contributed by atoms with Crippen molar-refractivity contribution in [2.24, 2.45) is 0 Å². The number of aromatic nitrogens is 2. The van der Waals surface area contributed by atoms with E-state index in [1.165, 1.54) is 22.1 Å². The Morgan fingerprint density at radius 3 is 2.75 bits per heavy atom. The van der Waals surface area contributed by atoms with Crippen LogP contribution < -0.4 is 4.73 Å². The number of benzene rings is 1. The molecule has 0 atom stereocenters. The van der Waals surface area contributed by atoms with Crippen LogP contribution in [0, 0.1) is 5.21 Å². The van der Waals surface area contributed by atoms with E-state index in [9.17, 15) is 10.0 Å². The number of piperidine rings is 1. The number of para-hydroxylation sites is 1. The van der Waals surface area contributed by atoms with E-state index in [0.717, 1.165) is 18.4 Å². The van der Waals surface area contributed by atoms with Crippen molar-refractivity contribution < 1.29 is 9.52 Å². The first-order chi connectivity index (χ1) is 11.7. The number of amides is 1. The molecular weight excluding hydrogens is 322 g/mol. The zero-order valence-electron chi connectivity index (χ0n) is 13.1. The minimum absolute atomic E-state index is 0.0667. The third-order valence-electron chi connectivity index (χ3n) is 4.46. The van der Waals surface area contributed by atoms with Gasteiger partial charge in [0.2, 0.25) is 0 Å². The minimum Gasteiger partial charge on any atom is -0.619 e. The second-order valence-electron chi connectivity index (χ2n) is 6.04. The fourth-order valence-corrected chi connectivity index (χ4v) is 4.29. The highest BCUT2D eigenvalue weighted by atomic mass is 32.1. The first-order valence-electron chi connectivity index (χ1n) is 8.04. The lowest BCUT2D eigenvalue weighted by Gasteiger charge is -2.30. The average Bonchev–Trinajstić information content (AvgIpc) is 3.05. The second-order valence-corrected chi connectivity index (χ2v) is 7.10. The zero-order chi connectivity index (χ0) is 16.5. The van der Waals surface area contributed by atoms with Gasteiger partial charge >= 0.3 is 0 Å². The Hall–Kier alpha value is -2.47. The Kier molecular flexibility index (Phi) is 3.90. The Bertz CT molecular complexity index is 852. The maximum Gasteiger partial charge on any atom is 0.259 e. The molecule has 0 bridgehead atoms. The first kappa shape index (κ1) is 15.1. The summed E-state index contributed by atoms with van der Waals surface area (Å²) in [7, 11) is 0. The van der Waals surface area contributed by atoms with Crippen LogP contribution in [-0.2, 0) is 0 Å². The van der Waals surface area contributed by atoms with Crippen molar-refractivity contribution in [3.05, 3.63) is 64.6 Å². The number of thiazole rings is 1. The van der Waals surface area contributed by atoms with Crippen LogP contribution in [0.1, 0.15) is 34.1 Å². The molecule has 4 rings (SSSR count). The summed E-state index contributed by atoms with van der Waals surface area (Å²) >= 11 is 1.75. The van der Waals surface area contributed by atoms with Gasteiger partial charge in [0.05, 0.1) is 15.2 Å². The molecule has 1 fully saturated rings. The lowest BCUT2D eigenvalue weighted by Crippen LogP contribution is -2.39. The second kappa shape index (κ2) is 6.20. The number of carbonyl (C=O) groups excluding carboxylic acids is 1. The van der Waals surface area contributed by atoms with Gasteiger partial charge in [0.1, 0.15) is 5.56 Å². The van der Waals surface area contributed by atoms with Gasteiger partial charge < -0.3 is 10.1 Å². The number of likely N-dealkylation sites (tertiary alicyclic amines) is 1. The average molecular weight is 339 g/mol. The van der Waals surface area contributed by atoms with Crippen LogP contribution >= 0.6 is 11.3 Å². The SMILES string of the molecule is O=C(c1ccc[n+]([O-])c1)N1CCC(c2nc3ccccc3s2)CC1. The van der Waals surface area contributed by atoms with Crippen LogP contribution in [0.25, 0.3) is 10.2 Å². The lowest BCUT2D eigenvalue weighted by atomic mass is 9.97. The smallest absolute Gasteiger partial charge is 0.259 e. The minimum atomic E-state index is -0.0667. The Morgan fingerprint density at radius 2 is 2.00 bits per heavy atom. The van der Waals surface area contributed by atoms with Crippen molar-refractivity contribution in [1.29, 1.82) is 0 Å². The molecule has 0 spiro atoms. The highest BCUT2D eigenvalue weighted by Crippen LogP contribution is 2.34. The molecular formula is C18H17N3O2S. The Morgan fingerprint density at radius 1 is 1.21 bits per heavy atom. The van der Waals surface area contributed by atoms with Crippen LogP contribution in [0.5, 0.6) is 0 Å². The number of rotatable bonds is 2. The summed E-state index contributed by atoms with van der Waals surface area (Å²) in [5.74, 6) is 0.342. The summed E-state index contributed by atoms with van der Waals surface area (Å²) in [5, 5.41) is 12.5. The summed E-state index contributed by atoms with van der Waals surface area (Å²) in [5.41, 5.74) is 1.51. The molecule has 122 valence electrons. The number of fused-ring (bicyclic) bond motifs is 1. The molecule has 0 aliphatic carbocycles. The van der Waals surface area contributed by atoms with Gasteiger partial charge in [-0.15, -0.1) is 11.3 Å². The van der Waals surface area contributed by atoms with Crippen molar-refractivity contribution in [1.82, 2.24) is 9.88 Å². The molecule has 6 heteroatoms. The van der Waals surface area contributed by atoms with Crippen molar-refractivity contribution in [3.63, 3.8) is 0 Å². The zero-order valence-corrected chi connectivity index (χ0v) is 13.9. The van der Waals surface area contributed by atoms with Crippen LogP contribution in [0.2, 0.25) is 0 Å². The van der Waals surface area contributed by atoms with E-state index in [1.54, 1.807) is 23.5 Å². The van der Waals surface area contributed by atoms with Gasteiger partial charge in [-0.1, -0.05) is 12.1 Å². The number of hydrogen-bond acceptors (Lipinski definition) is 4. The van der Waals surface area contributed by atoms with Crippen LogP contribution in [-0.4, -0.2) is 28.9 Å². The van der Waals surface area contributed by atoms with E-state index in [4.69, 9.17) is 4.98 Å². The molecule has 3 heterocycles. The van der Waals surface area contributed by atoms with E-state index < -0.39 is 0 Å². The molecule has 1 aromatic carbocycles. The van der Waals surface area contributed by atoms with Gasteiger partial charge in [-0.3, -0.25) is 4.79 Å². The predicted octanol–water partition coefficient (Wildman–Crippen LogP) is 2.95. The van der Waals surface area contributed by atoms with E-state index in [2.05, 4.69) is 6.07 Å². The first-order valence-corrected chi connectivity index (χ1v) is 8.86. The van der Waals surface area contributed by atoms with Crippen LogP contribution in [0.3, 0.4) is 0 Å². The predicted molar refractivity (Wildman–Crippen MR) is 92.9 cm³/mol. The third-order valence-corrected chi connectivity index (χ3v) is 5.66. The molecule has 2 aromatic heterocycles. The molecule has 0 radical (unpaired) electrons. The summed E-state index contributed by atoms with van der Waals surface area (Å²) in [6, 6.07) is 11.5. The summed E-state index contributed by atoms with van der Waals surface area (Å²) < 4.78 is 1.89. The monoisotopic (exact) mass is 339 g/mol. The third kappa shape index (κ3) is 2.85. The number of carbonyl (C=O) groups is 1. The van der Waals surface area contributed by atoms with Crippen molar-refractivity contribution in [2.75, 3.05) is 13.1 Å². The highest BCUT2D eigenvalue weighted by Gasteiger charge is 2.27. The maximum absolute atomic E-state index is 12.5. The number of hydrogen-bond donors (Lipinski definition) is 0. The summed E-state index contributed by atoms with van der Waals surface area (Å²) in [6.07, 6.45) is 4.55.